The summed E-state index contributed by atoms with van der Waals surface area (Å²) >= 11 is 0. The summed E-state index contributed by atoms with van der Waals surface area (Å²) in [5.74, 6) is -1.39. The van der Waals surface area contributed by atoms with Gasteiger partial charge in [-0.2, -0.15) is 0 Å². The lowest BCUT2D eigenvalue weighted by Gasteiger charge is -2.17. The maximum absolute atomic E-state index is 13.1. The number of hydrogen-bond donors (Lipinski definition) is 1. The molecule has 0 amide bonds. The van der Waals surface area contributed by atoms with Crippen molar-refractivity contribution >= 4 is 5.97 Å². The van der Waals surface area contributed by atoms with Crippen molar-refractivity contribution < 1.29 is 23.8 Å². The van der Waals surface area contributed by atoms with Crippen LogP contribution in [0.5, 0.6) is 11.5 Å². The lowest BCUT2D eigenvalue weighted by atomic mass is 9.97. The van der Waals surface area contributed by atoms with Crippen molar-refractivity contribution in [2.45, 2.75) is 13.8 Å². The number of carboxylic acid groups (broad SMARTS) is 1. The van der Waals surface area contributed by atoms with E-state index in [2.05, 4.69) is 0 Å². The highest BCUT2D eigenvalue weighted by Crippen LogP contribution is 2.24. The van der Waals surface area contributed by atoms with Crippen molar-refractivity contribution in [1.29, 1.82) is 0 Å². The van der Waals surface area contributed by atoms with E-state index in [9.17, 15) is 9.18 Å². The summed E-state index contributed by atoms with van der Waals surface area (Å²) in [6.07, 6.45) is 0. The molecule has 1 aromatic carbocycles. The van der Waals surface area contributed by atoms with E-state index in [-0.39, 0.29) is 18.3 Å². The zero-order valence-corrected chi connectivity index (χ0v) is 10.6. The number of aliphatic carboxylic acids is 1. The Balaban J connectivity index is 2.61. The van der Waals surface area contributed by atoms with Gasteiger partial charge in [-0.3, -0.25) is 4.79 Å². The van der Waals surface area contributed by atoms with Gasteiger partial charge < -0.3 is 14.6 Å². The molecule has 0 heterocycles. The van der Waals surface area contributed by atoms with E-state index in [4.69, 9.17) is 14.6 Å². The molecule has 4 nitrogen and oxygen atoms in total. The molecular weight excluding hydrogens is 239 g/mol. The van der Waals surface area contributed by atoms with Crippen LogP contribution >= 0.6 is 0 Å². The number of carboxylic acids is 1. The van der Waals surface area contributed by atoms with Crippen LogP contribution in [0.1, 0.15) is 13.8 Å². The first-order valence-electron chi connectivity index (χ1n) is 5.64. The van der Waals surface area contributed by atoms with Crippen LogP contribution in [0.2, 0.25) is 0 Å². The Morgan fingerprint density at radius 3 is 2.67 bits per heavy atom. The van der Waals surface area contributed by atoms with Gasteiger partial charge in [-0.1, -0.05) is 13.8 Å². The second kappa shape index (κ2) is 6.23. The van der Waals surface area contributed by atoms with Crippen LogP contribution in [-0.4, -0.2) is 24.8 Å². The third kappa shape index (κ3) is 3.61. The number of ether oxygens (including phenoxy) is 2. The summed E-state index contributed by atoms with van der Waals surface area (Å²) in [5, 5.41) is 8.84. The molecule has 0 saturated heterocycles. The Morgan fingerprint density at radius 1 is 1.44 bits per heavy atom. The summed E-state index contributed by atoms with van der Waals surface area (Å²) in [6.45, 7) is 3.67. The Kier molecular flexibility index (Phi) is 4.95. The van der Waals surface area contributed by atoms with Gasteiger partial charge in [0.15, 0.2) is 11.6 Å². The maximum atomic E-state index is 13.1. The summed E-state index contributed by atoms with van der Waals surface area (Å²) in [7, 11) is 1.37. The second-order valence-electron chi connectivity index (χ2n) is 4.21. The Bertz CT molecular complexity index is 419. The minimum absolute atomic E-state index is 0.103. The molecule has 0 fully saturated rings. The number of methoxy groups -OCH3 is 1. The largest absolute Gasteiger partial charge is 0.494 e. The van der Waals surface area contributed by atoms with Gasteiger partial charge in [0.05, 0.1) is 19.6 Å². The van der Waals surface area contributed by atoms with Gasteiger partial charge in [0, 0.05) is 12.0 Å². The molecule has 0 radical (unpaired) electrons. The molecule has 100 valence electrons. The molecule has 2 atom stereocenters. The van der Waals surface area contributed by atoms with Crippen LogP contribution in [0.25, 0.3) is 0 Å². The highest BCUT2D eigenvalue weighted by atomic mass is 19.1. The number of hydrogen-bond acceptors (Lipinski definition) is 3. The monoisotopic (exact) mass is 256 g/mol. The fraction of sp³-hybridized carbons (Fsp3) is 0.462. The van der Waals surface area contributed by atoms with E-state index in [1.165, 1.54) is 25.3 Å². The molecule has 0 spiro atoms. The minimum atomic E-state index is -0.859. The normalized spacial score (nSPS) is 13.8. The van der Waals surface area contributed by atoms with E-state index in [1.54, 1.807) is 13.8 Å². The summed E-state index contributed by atoms with van der Waals surface area (Å²) in [5.41, 5.74) is 0. The predicted molar refractivity (Wildman–Crippen MR) is 64.4 cm³/mol. The topological polar surface area (TPSA) is 55.8 Å². The van der Waals surface area contributed by atoms with Crippen LogP contribution in [0.4, 0.5) is 4.39 Å². The molecular formula is C13H17FO4. The van der Waals surface area contributed by atoms with Crippen molar-refractivity contribution in [3.8, 4) is 11.5 Å². The molecule has 1 rings (SSSR count). The van der Waals surface area contributed by atoms with Gasteiger partial charge in [-0.15, -0.1) is 0 Å². The van der Waals surface area contributed by atoms with E-state index < -0.39 is 17.7 Å². The first kappa shape index (κ1) is 14.3. The van der Waals surface area contributed by atoms with Crippen LogP contribution in [0.15, 0.2) is 18.2 Å². The first-order chi connectivity index (χ1) is 8.45. The van der Waals surface area contributed by atoms with Crippen LogP contribution in [0.3, 0.4) is 0 Å². The van der Waals surface area contributed by atoms with Crippen LogP contribution in [0, 0.1) is 17.7 Å². The molecule has 0 aliphatic heterocycles. The highest BCUT2D eigenvalue weighted by molar-refractivity contribution is 5.69. The van der Waals surface area contributed by atoms with Gasteiger partial charge in [0.2, 0.25) is 0 Å². The van der Waals surface area contributed by atoms with Crippen molar-refractivity contribution in [2.75, 3.05) is 13.7 Å². The lowest BCUT2D eigenvalue weighted by molar-refractivity contribution is -0.143. The fourth-order valence-electron chi connectivity index (χ4n) is 1.35. The van der Waals surface area contributed by atoms with Gasteiger partial charge in [-0.25, -0.2) is 4.39 Å². The van der Waals surface area contributed by atoms with E-state index in [0.29, 0.717) is 5.75 Å². The van der Waals surface area contributed by atoms with E-state index >= 15 is 0 Å². The Hall–Kier alpha value is -1.78. The molecule has 1 aromatic rings. The molecule has 0 aliphatic carbocycles. The minimum Gasteiger partial charge on any atom is -0.494 e. The fourth-order valence-corrected chi connectivity index (χ4v) is 1.35. The van der Waals surface area contributed by atoms with Gasteiger partial charge >= 0.3 is 5.97 Å². The molecule has 0 saturated carbocycles. The number of halogens is 1. The lowest BCUT2D eigenvalue weighted by Crippen LogP contribution is -2.23. The molecule has 0 bridgehead atoms. The quantitative estimate of drug-likeness (QED) is 0.849. The molecule has 0 aliphatic rings. The van der Waals surface area contributed by atoms with E-state index in [1.807, 2.05) is 0 Å². The third-order valence-corrected chi connectivity index (χ3v) is 2.88. The number of rotatable bonds is 6. The molecule has 5 heteroatoms. The average molecular weight is 256 g/mol. The van der Waals surface area contributed by atoms with Crippen LogP contribution < -0.4 is 9.47 Å². The smallest absolute Gasteiger partial charge is 0.306 e. The van der Waals surface area contributed by atoms with Gasteiger partial charge in [-0.05, 0) is 12.1 Å². The molecule has 0 aromatic heterocycles. The Morgan fingerprint density at radius 2 is 2.11 bits per heavy atom. The zero-order valence-electron chi connectivity index (χ0n) is 10.6. The zero-order chi connectivity index (χ0) is 13.7. The standard InChI is InChI=1S/C13H17FO4/c1-8(9(2)13(15)16)7-18-10-4-5-11(14)12(6-10)17-3/h4-6,8-9H,7H2,1-3H3,(H,15,16). The summed E-state index contributed by atoms with van der Waals surface area (Å²) in [6, 6.07) is 4.17. The van der Waals surface area contributed by atoms with Crippen molar-refractivity contribution in [1.82, 2.24) is 0 Å². The summed E-state index contributed by atoms with van der Waals surface area (Å²) in [4.78, 5) is 10.8. The molecule has 18 heavy (non-hydrogen) atoms. The molecule has 2 unspecified atom stereocenters. The number of carbonyl (C=O) groups is 1. The highest BCUT2D eigenvalue weighted by Gasteiger charge is 2.20. The predicted octanol–water partition coefficient (Wildman–Crippen LogP) is 2.57. The summed E-state index contributed by atoms with van der Waals surface area (Å²) < 4.78 is 23.4. The maximum Gasteiger partial charge on any atom is 0.306 e. The average Bonchev–Trinajstić information content (AvgIpc) is 2.36. The van der Waals surface area contributed by atoms with E-state index in [0.717, 1.165) is 0 Å². The van der Waals surface area contributed by atoms with Gasteiger partial charge in [0.25, 0.3) is 0 Å². The number of benzene rings is 1. The first-order valence-corrected chi connectivity index (χ1v) is 5.64. The van der Waals surface area contributed by atoms with Crippen molar-refractivity contribution in [2.24, 2.45) is 11.8 Å². The second-order valence-corrected chi connectivity index (χ2v) is 4.21. The third-order valence-electron chi connectivity index (χ3n) is 2.88. The Labute approximate surface area is 105 Å². The SMILES string of the molecule is COc1cc(OCC(C)C(C)C(=O)O)ccc1F. The van der Waals surface area contributed by atoms with Crippen LogP contribution in [-0.2, 0) is 4.79 Å². The molecule has 1 N–H and O–H groups in total. The van der Waals surface area contributed by atoms with Crippen molar-refractivity contribution in [3.05, 3.63) is 24.0 Å². The van der Waals surface area contributed by atoms with Gasteiger partial charge in [0.1, 0.15) is 5.75 Å². The van der Waals surface area contributed by atoms with Crippen molar-refractivity contribution in [3.63, 3.8) is 0 Å².